The highest BCUT2D eigenvalue weighted by Crippen LogP contribution is 2.65. The normalized spacial score (nSPS) is 17.0. The maximum atomic E-state index is 11.3. The highest BCUT2D eigenvalue weighted by Gasteiger charge is 2.33. The third-order valence-electron chi connectivity index (χ3n) is 1.18. The Kier molecular flexibility index (Phi) is 3.88. The first-order valence-corrected chi connectivity index (χ1v) is 6.88. The molecular formula is C5H12O5P2. The van der Waals surface area contributed by atoms with E-state index in [0.717, 1.165) is 6.66 Å². The molecule has 0 aromatic heterocycles. The number of hydrogen-bond acceptors (Lipinski definition) is 3. The van der Waals surface area contributed by atoms with Gasteiger partial charge in [-0.1, -0.05) is 6.58 Å². The summed E-state index contributed by atoms with van der Waals surface area (Å²) < 4.78 is 26.6. The molecule has 1 unspecified atom stereocenters. The molecule has 0 saturated heterocycles. The van der Waals surface area contributed by atoms with E-state index in [2.05, 4.69) is 11.1 Å². The average molecular weight is 214 g/mol. The van der Waals surface area contributed by atoms with E-state index >= 15 is 0 Å². The highest BCUT2D eigenvalue weighted by atomic mass is 31.2. The Balaban J connectivity index is 4.71. The molecule has 2 N–H and O–H groups in total. The molecule has 1 atom stereocenters. The van der Waals surface area contributed by atoms with E-state index in [1.807, 2.05) is 0 Å². The van der Waals surface area contributed by atoms with Crippen LogP contribution in [0.4, 0.5) is 0 Å². The largest absolute Gasteiger partial charge is 0.361 e. The number of hydrogen-bond donors (Lipinski definition) is 2. The summed E-state index contributed by atoms with van der Waals surface area (Å²) in [6.45, 7) is 5.92. The van der Waals surface area contributed by atoms with Gasteiger partial charge in [-0.05, 0) is 6.92 Å². The second-order valence-electron chi connectivity index (χ2n) is 2.22. The van der Waals surface area contributed by atoms with Crippen LogP contribution in [0.3, 0.4) is 0 Å². The molecule has 0 aromatic rings. The van der Waals surface area contributed by atoms with Crippen molar-refractivity contribution in [3.05, 3.63) is 11.6 Å². The fourth-order valence-electron chi connectivity index (χ4n) is 0.557. The van der Waals surface area contributed by atoms with Crippen LogP contribution in [0.15, 0.2) is 11.6 Å². The van der Waals surface area contributed by atoms with Crippen LogP contribution >= 0.6 is 15.0 Å². The SMILES string of the molecule is C=C(P(=O)(O)O)P(C)(=O)OCC. The van der Waals surface area contributed by atoms with Crippen molar-refractivity contribution in [1.82, 2.24) is 0 Å². The van der Waals surface area contributed by atoms with E-state index < -0.39 is 20.0 Å². The van der Waals surface area contributed by atoms with Crippen molar-refractivity contribution < 1.29 is 23.4 Å². The molecule has 0 aliphatic rings. The zero-order valence-corrected chi connectivity index (χ0v) is 8.72. The Morgan fingerprint density at radius 1 is 1.50 bits per heavy atom. The first kappa shape index (κ1) is 12.1. The van der Waals surface area contributed by atoms with Crippen LogP contribution in [-0.4, -0.2) is 23.1 Å². The Bertz CT molecular complexity index is 265. The molecule has 0 aliphatic carbocycles. The predicted octanol–water partition coefficient (Wildman–Crippen LogP) is 1.58. The van der Waals surface area contributed by atoms with E-state index in [4.69, 9.17) is 9.79 Å². The fraction of sp³-hybridized carbons (Fsp3) is 0.600. The molecule has 0 fully saturated rings. The molecule has 7 heteroatoms. The third-order valence-corrected chi connectivity index (χ3v) is 5.41. The predicted molar refractivity (Wildman–Crippen MR) is 46.3 cm³/mol. The van der Waals surface area contributed by atoms with Gasteiger partial charge >= 0.3 is 7.60 Å². The van der Waals surface area contributed by atoms with Gasteiger partial charge in [0.1, 0.15) is 5.06 Å². The van der Waals surface area contributed by atoms with Crippen molar-refractivity contribution in [3.8, 4) is 0 Å². The van der Waals surface area contributed by atoms with Crippen LogP contribution in [0.5, 0.6) is 0 Å². The molecule has 0 aliphatic heterocycles. The van der Waals surface area contributed by atoms with Gasteiger partial charge in [0, 0.05) is 6.66 Å². The fourth-order valence-corrected chi connectivity index (χ4v) is 3.27. The van der Waals surface area contributed by atoms with Crippen molar-refractivity contribution in [2.75, 3.05) is 13.3 Å². The Morgan fingerprint density at radius 2 is 1.92 bits per heavy atom. The van der Waals surface area contributed by atoms with Crippen molar-refractivity contribution >= 4 is 15.0 Å². The maximum absolute atomic E-state index is 11.3. The van der Waals surface area contributed by atoms with Crippen molar-refractivity contribution in [3.63, 3.8) is 0 Å². The molecule has 12 heavy (non-hydrogen) atoms. The highest BCUT2D eigenvalue weighted by molar-refractivity contribution is 7.80. The first-order chi connectivity index (χ1) is 5.22. The van der Waals surface area contributed by atoms with Crippen LogP contribution < -0.4 is 0 Å². The summed E-state index contributed by atoms with van der Waals surface area (Å²) in [5.74, 6) is 0. The van der Waals surface area contributed by atoms with Gasteiger partial charge in [0.25, 0.3) is 0 Å². The van der Waals surface area contributed by atoms with E-state index in [-0.39, 0.29) is 6.61 Å². The lowest BCUT2D eigenvalue weighted by Gasteiger charge is -2.15. The van der Waals surface area contributed by atoms with Gasteiger partial charge in [-0.25, -0.2) is 0 Å². The van der Waals surface area contributed by atoms with Crippen LogP contribution in [0.2, 0.25) is 0 Å². The summed E-state index contributed by atoms with van der Waals surface area (Å²) in [6, 6.07) is 0. The van der Waals surface area contributed by atoms with Crippen molar-refractivity contribution in [1.29, 1.82) is 0 Å². The molecule has 0 bridgehead atoms. The molecule has 0 rings (SSSR count). The summed E-state index contributed by atoms with van der Waals surface area (Å²) in [6.07, 6.45) is 0. The van der Waals surface area contributed by atoms with Crippen LogP contribution in [0.25, 0.3) is 0 Å². The van der Waals surface area contributed by atoms with Gasteiger partial charge in [-0.2, -0.15) is 0 Å². The summed E-state index contributed by atoms with van der Waals surface area (Å²) >= 11 is 0. The van der Waals surface area contributed by atoms with Gasteiger partial charge in [-0.15, -0.1) is 0 Å². The van der Waals surface area contributed by atoms with E-state index in [1.165, 1.54) is 0 Å². The second-order valence-corrected chi connectivity index (χ2v) is 6.69. The molecule has 0 saturated carbocycles. The summed E-state index contributed by atoms with van der Waals surface area (Å²) in [4.78, 5) is 17.2. The minimum absolute atomic E-state index is 0.132. The second kappa shape index (κ2) is 3.86. The van der Waals surface area contributed by atoms with Crippen LogP contribution in [0, 0.1) is 0 Å². The molecular weight excluding hydrogens is 202 g/mol. The average Bonchev–Trinajstić information content (AvgIpc) is 1.84. The monoisotopic (exact) mass is 214 g/mol. The maximum Gasteiger partial charge on any atom is 0.361 e. The molecule has 0 radical (unpaired) electrons. The summed E-state index contributed by atoms with van der Waals surface area (Å²) in [7, 11) is -7.85. The third kappa shape index (κ3) is 3.21. The van der Waals surface area contributed by atoms with E-state index in [0.29, 0.717) is 0 Å². The summed E-state index contributed by atoms with van der Waals surface area (Å²) in [5, 5.41) is -0.628. The molecule has 5 nitrogen and oxygen atoms in total. The van der Waals surface area contributed by atoms with E-state index in [9.17, 15) is 9.13 Å². The van der Waals surface area contributed by atoms with Gasteiger partial charge in [0.2, 0.25) is 7.37 Å². The molecule has 0 heterocycles. The zero-order valence-electron chi connectivity index (χ0n) is 6.93. The Labute approximate surface area is 71.1 Å². The van der Waals surface area contributed by atoms with Crippen molar-refractivity contribution in [2.45, 2.75) is 6.92 Å². The Hall–Kier alpha value is 0.0800. The van der Waals surface area contributed by atoms with Crippen LogP contribution in [0.1, 0.15) is 6.92 Å². The molecule has 72 valence electrons. The van der Waals surface area contributed by atoms with Crippen molar-refractivity contribution in [2.24, 2.45) is 0 Å². The first-order valence-electron chi connectivity index (χ1n) is 3.19. The van der Waals surface area contributed by atoms with Gasteiger partial charge in [0.05, 0.1) is 6.61 Å². The van der Waals surface area contributed by atoms with Gasteiger partial charge in [-0.3, -0.25) is 9.13 Å². The van der Waals surface area contributed by atoms with E-state index in [1.54, 1.807) is 6.92 Å². The minimum Gasteiger partial charge on any atom is -0.326 e. The topological polar surface area (TPSA) is 83.8 Å². The Morgan fingerprint density at radius 3 is 2.17 bits per heavy atom. The smallest absolute Gasteiger partial charge is 0.326 e. The van der Waals surface area contributed by atoms with Gasteiger partial charge < -0.3 is 14.3 Å². The lowest BCUT2D eigenvalue weighted by Crippen LogP contribution is -1.92. The minimum atomic E-state index is -4.49. The van der Waals surface area contributed by atoms with Gasteiger partial charge in [0.15, 0.2) is 0 Å². The summed E-state index contributed by atoms with van der Waals surface area (Å²) in [5.41, 5.74) is 0. The lowest BCUT2D eigenvalue weighted by molar-refractivity contribution is 0.340. The molecule has 0 amide bonds. The standard InChI is InChI=1S/C5H12O5P2/c1-4-10-11(3,6)5(2)12(7,8)9/h2,4H2,1,3H3,(H2,7,8,9). The molecule has 0 aromatic carbocycles. The number of rotatable bonds is 4. The quantitative estimate of drug-likeness (QED) is 0.694. The van der Waals surface area contributed by atoms with Crippen LogP contribution in [-0.2, 0) is 13.7 Å². The lowest BCUT2D eigenvalue weighted by atomic mass is 10.9. The zero-order chi connectivity index (χ0) is 9.99. The molecule has 0 spiro atoms.